The van der Waals surface area contributed by atoms with Crippen LogP contribution in [-0.2, 0) is 14.6 Å². The van der Waals surface area contributed by atoms with E-state index >= 15 is 0 Å². The summed E-state index contributed by atoms with van der Waals surface area (Å²) >= 11 is 0. The van der Waals surface area contributed by atoms with E-state index in [4.69, 9.17) is 10.3 Å². The number of nitrogens with two attached hydrogens (primary N) is 1. The maximum absolute atomic E-state index is 11.8. The first-order valence-corrected chi connectivity index (χ1v) is 21.0. The van der Waals surface area contributed by atoms with Crippen LogP contribution in [0, 0.1) is 52.3 Å². The summed E-state index contributed by atoms with van der Waals surface area (Å²) in [6.07, 6.45) is 14.7. The van der Waals surface area contributed by atoms with Crippen LogP contribution in [0.4, 0.5) is 0 Å². The highest BCUT2D eigenvalue weighted by molar-refractivity contribution is 7.80. The molecule has 11 heteroatoms. The molecule has 8 N–H and O–H groups in total. The van der Waals surface area contributed by atoms with Gasteiger partial charge in [-0.1, -0.05) is 27.7 Å². The minimum atomic E-state index is -4.50. The van der Waals surface area contributed by atoms with Crippen LogP contribution in [0.2, 0.25) is 0 Å². The van der Waals surface area contributed by atoms with Gasteiger partial charge >= 0.3 is 10.4 Å². The van der Waals surface area contributed by atoms with Gasteiger partial charge in [-0.25, -0.2) is 4.18 Å². The minimum absolute atomic E-state index is 0.212. The topological polar surface area (TPSA) is 166 Å². The first-order chi connectivity index (χ1) is 22.8. The zero-order valence-electron chi connectivity index (χ0n) is 30.7. The molecule has 282 valence electrons. The van der Waals surface area contributed by atoms with Crippen molar-refractivity contribution in [3.8, 4) is 0 Å². The molecule has 48 heavy (non-hydrogen) atoms. The van der Waals surface area contributed by atoms with Crippen molar-refractivity contribution in [1.29, 1.82) is 0 Å². The normalized spacial score (nSPS) is 37.0. The number of aliphatic hydroxyl groups excluding tert-OH is 2. The molecule has 0 spiro atoms. The fourth-order valence-corrected chi connectivity index (χ4v) is 11.5. The van der Waals surface area contributed by atoms with Crippen LogP contribution in [0.15, 0.2) is 0 Å². The molecule has 4 fully saturated rings. The molecule has 4 aliphatic carbocycles. The molecule has 12 atom stereocenters. The smallest absolute Gasteiger partial charge is 0.393 e. The molecule has 0 aromatic rings. The number of hydrogen-bond donors (Lipinski definition) is 7. The van der Waals surface area contributed by atoms with E-state index in [1.54, 1.807) is 6.92 Å². The lowest BCUT2D eigenvalue weighted by Gasteiger charge is -2.62. The van der Waals surface area contributed by atoms with Gasteiger partial charge in [0.2, 0.25) is 0 Å². The largest absolute Gasteiger partial charge is 0.397 e. The van der Waals surface area contributed by atoms with Gasteiger partial charge in [-0.2, -0.15) is 8.42 Å². The van der Waals surface area contributed by atoms with Crippen molar-refractivity contribution in [2.75, 3.05) is 45.9 Å². The Hall–Kier alpha value is -0.370. The molecule has 10 nitrogen and oxygen atoms in total. The Bertz CT molecular complexity index is 1070. The van der Waals surface area contributed by atoms with Crippen LogP contribution in [-0.4, -0.2) is 87.3 Å². The van der Waals surface area contributed by atoms with Gasteiger partial charge in [0, 0.05) is 12.0 Å². The molecule has 0 aliphatic heterocycles. The summed E-state index contributed by atoms with van der Waals surface area (Å²) in [5.74, 6) is 2.76. The second kappa shape index (κ2) is 18.4. The first kappa shape index (κ1) is 40.4. The third-order valence-corrected chi connectivity index (χ3v) is 14.4. The average Bonchev–Trinajstić information content (AvgIpc) is 3.40. The van der Waals surface area contributed by atoms with E-state index < -0.39 is 16.5 Å². The molecule has 4 rings (SSSR count). The number of nitrogens with one attached hydrogen (secondary N) is 3. The summed E-state index contributed by atoms with van der Waals surface area (Å²) < 4.78 is 35.3. The van der Waals surface area contributed by atoms with Gasteiger partial charge in [-0.15, -0.1) is 0 Å². The number of rotatable bonds is 21. The highest BCUT2D eigenvalue weighted by Gasteiger charge is 2.62. The van der Waals surface area contributed by atoms with E-state index in [-0.39, 0.29) is 24.0 Å². The Balaban J connectivity index is 1.20. The third kappa shape index (κ3) is 10.4. The molecular formula is C37H72N4O6S. The van der Waals surface area contributed by atoms with Crippen molar-refractivity contribution >= 4 is 10.4 Å². The van der Waals surface area contributed by atoms with Gasteiger partial charge < -0.3 is 31.9 Å². The standard InChI is InChI=1S/C37H72N4O6S/c1-26(9-12-33(42)27(2)25-47-48(44,45)46)30-10-11-31-35-32(14-16-37(30,31)4)36(3)15-13-29(23-28(36)24-34(35)43)41-22-8-21-40-19-6-5-18-39-20-7-17-38/h26-35,39-43H,5-25,38H2,1-4H3,(H,44,45,46)/t26?,27?,28-,29+,30-,31?,32?,33?,34-,35?,36+,37-/m1/s1. The highest BCUT2D eigenvalue weighted by atomic mass is 32.3. The molecule has 6 unspecified atom stereocenters. The molecule has 0 radical (unpaired) electrons. The summed E-state index contributed by atoms with van der Waals surface area (Å²) in [4.78, 5) is 0. The maximum atomic E-state index is 11.8. The zero-order valence-corrected chi connectivity index (χ0v) is 31.5. The molecule has 0 aromatic heterocycles. The van der Waals surface area contributed by atoms with Crippen LogP contribution in [0.5, 0.6) is 0 Å². The SMILES string of the molecule is CC(COS(=O)(=O)O)C(O)CCC(C)[C@H]1CCC2C3C(CC[C@@]21C)[C@@]1(C)CC[C@H](NCCCNCCCCNCCCN)C[C@@H]1C[C@H]3O. The quantitative estimate of drug-likeness (QED) is 0.0670. The fourth-order valence-electron chi connectivity index (χ4n) is 11.1. The molecule has 0 heterocycles. The minimum Gasteiger partial charge on any atom is -0.393 e. The van der Waals surface area contributed by atoms with E-state index in [9.17, 15) is 18.6 Å². The highest BCUT2D eigenvalue weighted by Crippen LogP contribution is 2.68. The predicted molar refractivity (Wildman–Crippen MR) is 193 cm³/mol. The Morgan fingerprint density at radius 2 is 1.50 bits per heavy atom. The van der Waals surface area contributed by atoms with Crippen molar-refractivity contribution in [1.82, 2.24) is 16.0 Å². The van der Waals surface area contributed by atoms with Crippen molar-refractivity contribution < 1.29 is 27.4 Å². The molecule has 4 aliphatic rings. The Morgan fingerprint density at radius 1 is 0.854 bits per heavy atom. The van der Waals surface area contributed by atoms with Gasteiger partial charge in [0.25, 0.3) is 0 Å². The molecule has 0 saturated heterocycles. The average molecular weight is 701 g/mol. The van der Waals surface area contributed by atoms with E-state index in [1.165, 1.54) is 57.8 Å². The molecule has 0 amide bonds. The van der Waals surface area contributed by atoms with Gasteiger partial charge in [0.15, 0.2) is 0 Å². The molecular weight excluding hydrogens is 628 g/mol. The number of aliphatic hydroxyl groups is 2. The second-order valence-corrected chi connectivity index (χ2v) is 18.1. The van der Waals surface area contributed by atoms with Gasteiger partial charge in [-0.05, 0) is 175 Å². The lowest BCUT2D eigenvalue weighted by atomic mass is 9.43. The van der Waals surface area contributed by atoms with Crippen molar-refractivity contribution in [3.63, 3.8) is 0 Å². The van der Waals surface area contributed by atoms with Crippen molar-refractivity contribution in [2.45, 2.75) is 136 Å². The van der Waals surface area contributed by atoms with Crippen molar-refractivity contribution in [2.24, 2.45) is 58.0 Å². The summed E-state index contributed by atoms with van der Waals surface area (Å²) in [6.45, 7) is 15.0. The zero-order chi connectivity index (χ0) is 35.0. The van der Waals surface area contributed by atoms with Crippen molar-refractivity contribution in [3.05, 3.63) is 0 Å². The van der Waals surface area contributed by atoms with E-state index in [2.05, 4.69) is 40.9 Å². The number of hydrogen-bond acceptors (Lipinski definition) is 9. The molecule has 0 bridgehead atoms. The van der Waals surface area contributed by atoms with Crippen LogP contribution in [0.3, 0.4) is 0 Å². The van der Waals surface area contributed by atoms with E-state index in [0.29, 0.717) is 53.4 Å². The first-order valence-electron chi connectivity index (χ1n) is 19.6. The Kier molecular flexibility index (Phi) is 15.5. The van der Waals surface area contributed by atoms with E-state index in [1.807, 2.05) is 0 Å². The lowest BCUT2D eigenvalue weighted by Crippen LogP contribution is -2.59. The summed E-state index contributed by atoms with van der Waals surface area (Å²) in [7, 11) is -4.50. The van der Waals surface area contributed by atoms with Gasteiger partial charge in [-0.3, -0.25) is 4.55 Å². The van der Waals surface area contributed by atoms with Crippen LogP contribution >= 0.6 is 0 Å². The summed E-state index contributed by atoms with van der Waals surface area (Å²) in [6, 6.07) is 0.565. The number of fused-ring (bicyclic) bond motifs is 5. The van der Waals surface area contributed by atoms with Crippen LogP contribution in [0.25, 0.3) is 0 Å². The molecule has 0 aromatic carbocycles. The van der Waals surface area contributed by atoms with E-state index in [0.717, 1.165) is 65.0 Å². The van der Waals surface area contributed by atoms with Gasteiger partial charge in [0.1, 0.15) is 0 Å². The summed E-state index contributed by atoms with van der Waals surface area (Å²) in [5.41, 5.74) is 6.07. The second-order valence-electron chi connectivity index (χ2n) is 17.0. The predicted octanol–water partition coefficient (Wildman–Crippen LogP) is 4.51. The Labute approximate surface area is 292 Å². The molecule has 4 saturated carbocycles. The fraction of sp³-hybridized carbons (Fsp3) is 1.00. The van der Waals surface area contributed by atoms with Crippen LogP contribution in [0.1, 0.15) is 118 Å². The third-order valence-electron chi connectivity index (χ3n) is 14.0. The van der Waals surface area contributed by atoms with Crippen LogP contribution < -0.4 is 21.7 Å². The lowest BCUT2D eigenvalue weighted by molar-refractivity contribution is -0.167. The monoisotopic (exact) mass is 701 g/mol. The maximum Gasteiger partial charge on any atom is 0.397 e. The number of unbranched alkanes of at least 4 members (excludes halogenated alkanes) is 1. The van der Waals surface area contributed by atoms with Gasteiger partial charge in [0.05, 0.1) is 18.8 Å². The Morgan fingerprint density at radius 3 is 2.19 bits per heavy atom. The summed E-state index contributed by atoms with van der Waals surface area (Å²) in [5, 5.41) is 33.4.